The molecule has 19 rings (SSSR count). The molecule has 384 valence electrons. The molecule has 0 saturated heterocycles. The maximum absolute atomic E-state index is 2.49. The summed E-state index contributed by atoms with van der Waals surface area (Å²) in [5.41, 5.74) is 25.4. The van der Waals surface area contributed by atoms with Crippen LogP contribution in [-0.4, -0.2) is 0 Å². The van der Waals surface area contributed by atoms with Crippen molar-refractivity contribution in [2.45, 2.75) is 0 Å². The highest BCUT2D eigenvalue weighted by Crippen LogP contribution is 2.64. The fourth-order valence-corrected chi connectivity index (χ4v) is 15.7. The van der Waals surface area contributed by atoms with Crippen molar-refractivity contribution < 1.29 is 0 Å². The van der Waals surface area contributed by atoms with E-state index in [2.05, 4.69) is 291 Å². The molecule has 2 aliphatic rings. The third kappa shape index (κ3) is 6.21. The summed E-state index contributed by atoms with van der Waals surface area (Å²) in [6.07, 6.45) is 0. The van der Waals surface area contributed by atoms with Gasteiger partial charge >= 0.3 is 0 Å². The van der Waals surface area contributed by atoms with Crippen LogP contribution in [0.15, 0.2) is 291 Å². The van der Waals surface area contributed by atoms with Gasteiger partial charge in [0.05, 0.1) is 0 Å². The normalized spacial score (nSPS) is 12.3. The molecule has 0 nitrogen and oxygen atoms in total. The van der Waals surface area contributed by atoms with Crippen LogP contribution in [0, 0.1) is 0 Å². The van der Waals surface area contributed by atoms with Crippen molar-refractivity contribution in [3.8, 4) is 111 Å². The molecular weight excluding hydrogens is 1010 g/mol. The van der Waals surface area contributed by atoms with Gasteiger partial charge in [-0.25, -0.2) is 0 Å². The Bertz CT molecular complexity index is 5300. The highest BCUT2D eigenvalue weighted by Gasteiger charge is 2.36. The number of benzene rings is 17. The van der Waals surface area contributed by atoms with Crippen molar-refractivity contribution in [3.63, 3.8) is 0 Å². The van der Waals surface area contributed by atoms with Crippen molar-refractivity contribution in [1.82, 2.24) is 0 Å². The molecule has 0 unspecified atom stereocenters. The molecule has 0 heteroatoms. The predicted octanol–water partition coefficient (Wildman–Crippen LogP) is 23.6. The van der Waals surface area contributed by atoms with Crippen LogP contribution in [0.4, 0.5) is 0 Å². The fourth-order valence-electron chi connectivity index (χ4n) is 15.7. The first kappa shape index (κ1) is 45.8. The Kier molecular flexibility index (Phi) is 9.43. The lowest BCUT2D eigenvalue weighted by Crippen LogP contribution is -1.95. The van der Waals surface area contributed by atoms with Crippen LogP contribution in [0.1, 0.15) is 0 Å². The predicted molar refractivity (Wildman–Crippen MR) is 359 cm³/mol. The number of hydrogen-bond acceptors (Lipinski definition) is 0. The molecule has 0 aliphatic heterocycles. The Morgan fingerprint density at radius 1 is 0.131 bits per heavy atom. The maximum atomic E-state index is 2.49. The first-order valence-corrected chi connectivity index (χ1v) is 29.4. The minimum absolute atomic E-state index is 1.21. The van der Waals surface area contributed by atoms with Gasteiger partial charge in [0.25, 0.3) is 0 Å². The molecule has 0 bridgehead atoms. The Hall–Kier alpha value is -10.9. The minimum Gasteiger partial charge on any atom is -0.0622 e. The van der Waals surface area contributed by atoms with E-state index >= 15 is 0 Å². The van der Waals surface area contributed by atoms with Gasteiger partial charge < -0.3 is 0 Å². The van der Waals surface area contributed by atoms with Crippen LogP contribution in [0.3, 0.4) is 0 Å². The summed E-state index contributed by atoms with van der Waals surface area (Å²) in [7, 11) is 0. The molecule has 0 fully saturated rings. The fraction of sp³-hybridized carbons (Fsp3) is 0. The lowest BCUT2D eigenvalue weighted by Gasteiger charge is -2.22. The largest absolute Gasteiger partial charge is 0.0622 e. The first-order chi connectivity index (χ1) is 41.7. The van der Waals surface area contributed by atoms with Crippen LogP contribution < -0.4 is 0 Å². The molecule has 0 atom stereocenters. The van der Waals surface area contributed by atoms with E-state index in [1.807, 2.05) is 0 Å². The van der Waals surface area contributed by atoms with Crippen molar-refractivity contribution in [2.75, 3.05) is 0 Å². The zero-order valence-corrected chi connectivity index (χ0v) is 45.7. The van der Waals surface area contributed by atoms with E-state index in [-0.39, 0.29) is 0 Å². The summed E-state index contributed by atoms with van der Waals surface area (Å²) in [6, 6.07) is 110. The Balaban J connectivity index is 0.947. The van der Waals surface area contributed by atoms with Gasteiger partial charge in [-0.05, 0) is 222 Å². The van der Waals surface area contributed by atoms with Crippen LogP contribution in [-0.2, 0) is 0 Å². The molecule has 0 aromatic heterocycles. The van der Waals surface area contributed by atoms with E-state index in [1.165, 1.54) is 197 Å². The minimum atomic E-state index is 1.21. The van der Waals surface area contributed by atoms with Gasteiger partial charge in [-0.1, -0.05) is 267 Å². The molecule has 0 saturated carbocycles. The molecule has 17 aromatic carbocycles. The summed E-state index contributed by atoms with van der Waals surface area (Å²) in [4.78, 5) is 0. The van der Waals surface area contributed by atoms with Gasteiger partial charge in [0.1, 0.15) is 0 Å². The Labute approximate surface area is 485 Å². The molecular formula is C84H48. The summed E-state index contributed by atoms with van der Waals surface area (Å²) in [6.45, 7) is 0. The lowest BCUT2D eigenvalue weighted by atomic mass is 9.80. The topological polar surface area (TPSA) is 0 Å². The van der Waals surface area contributed by atoms with E-state index in [0.717, 1.165) is 0 Å². The molecule has 0 radical (unpaired) electrons. The van der Waals surface area contributed by atoms with Crippen molar-refractivity contribution in [3.05, 3.63) is 291 Å². The van der Waals surface area contributed by atoms with Crippen molar-refractivity contribution >= 4 is 86.2 Å². The highest BCUT2D eigenvalue weighted by molar-refractivity contribution is 6.43. The zero-order chi connectivity index (χ0) is 54.7. The summed E-state index contributed by atoms with van der Waals surface area (Å²) in [5.74, 6) is 0. The maximum Gasteiger partial charge on any atom is -0.000718 e. The second-order valence-electron chi connectivity index (χ2n) is 23.2. The van der Waals surface area contributed by atoms with Crippen molar-refractivity contribution in [2.24, 2.45) is 0 Å². The van der Waals surface area contributed by atoms with Crippen LogP contribution in [0.25, 0.3) is 197 Å². The summed E-state index contributed by atoms with van der Waals surface area (Å²) < 4.78 is 0. The van der Waals surface area contributed by atoms with Crippen LogP contribution in [0.2, 0.25) is 0 Å². The van der Waals surface area contributed by atoms with Crippen molar-refractivity contribution in [1.29, 1.82) is 0 Å². The monoisotopic (exact) mass is 1060 g/mol. The van der Waals surface area contributed by atoms with Gasteiger partial charge in [0.15, 0.2) is 0 Å². The molecule has 0 amide bonds. The average Bonchev–Trinajstić information content (AvgIpc) is 1.54. The zero-order valence-electron chi connectivity index (χ0n) is 45.7. The Morgan fingerprint density at radius 2 is 0.381 bits per heavy atom. The molecule has 17 aromatic rings. The molecule has 0 spiro atoms. The number of fused-ring (bicyclic) bond motifs is 12. The van der Waals surface area contributed by atoms with E-state index in [4.69, 9.17) is 0 Å². The second-order valence-corrected chi connectivity index (χ2v) is 23.2. The third-order valence-corrected chi connectivity index (χ3v) is 19.0. The standard InChI is InChI=1S/C84H48/c1-5-21-49(22-6-1)57-33-17-19-35-59(57)77-71-47-55-31-15-13-29-53(55)45-69(71)73(51-25-9-3-10-26-51)81-65-41-37-61-62-38-42-66-80-68(44-40-64(76(62)80)63-39-43-67(83(77)81)79(65)75(61)63)84-78(60-36-20-18-34-58(60)50-23-7-2-8-24-50)72-48-56-32-16-14-30-54(56)46-70(72)74(82(66)84)52-27-11-4-12-28-52/h1-48H. The summed E-state index contributed by atoms with van der Waals surface area (Å²) in [5, 5.41) is 20.5. The Morgan fingerprint density at radius 3 is 0.702 bits per heavy atom. The van der Waals surface area contributed by atoms with Gasteiger partial charge in [0.2, 0.25) is 0 Å². The average molecular weight is 1060 g/mol. The van der Waals surface area contributed by atoms with E-state index < -0.39 is 0 Å². The molecule has 2 aliphatic carbocycles. The SMILES string of the molecule is c1ccc(-c2ccccc2-c2c3c(c(-c4ccccc4)c4cc5ccccc5cc24)-c2ccc4c5ccc6c7c(ccc(c8ccc-3c2c48)c75)-c2c-6c(-c3ccccc3)c3cc4ccccc4cc3c2-c2ccccc2-c2ccccc2)cc1. The second kappa shape index (κ2) is 17.3. The molecule has 84 heavy (non-hydrogen) atoms. The molecule has 0 N–H and O–H groups in total. The van der Waals surface area contributed by atoms with Crippen LogP contribution >= 0.6 is 0 Å². The van der Waals surface area contributed by atoms with E-state index in [0.29, 0.717) is 0 Å². The lowest BCUT2D eigenvalue weighted by molar-refractivity contribution is 1.59. The van der Waals surface area contributed by atoms with Gasteiger partial charge in [-0.2, -0.15) is 0 Å². The third-order valence-electron chi connectivity index (χ3n) is 19.0. The smallest absolute Gasteiger partial charge is 0.000718 e. The van der Waals surface area contributed by atoms with Gasteiger partial charge in [0, 0.05) is 0 Å². The van der Waals surface area contributed by atoms with Gasteiger partial charge in [-0.15, -0.1) is 0 Å². The molecule has 0 heterocycles. The first-order valence-electron chi connectivity index (χ1n) is 29.4. The van der Waals surface area contributed by atoms with E-state index in [9.17, 15) is 0 Å². The van der Waals surface area contributed by atoms with E-state index in [1.54, 1.807) is 0 Å². The summed E-state index contributed by atoms with van der Waals surface area (Å²) >= 11 is 0. The highest BCUT2D eigenvalue weighted by atomic mass is 14.4. The van der Waals surface area contributed by atoms with Gasteiger partial charge in [-0.3, -0.25) is 0 Å². The quantitative estimate of drug-likeness (QED) is 0.115. The van der Waals surface area contributed by atoms with Crippen LogP contribution in [0.5, 0.6) is 0 Å². The number of rotatable bonds is 6. The number of hydrogen-bond donors (Lipinski definition) is 0.